The molecule has 0 aliphatic heterocycles. The number of primary amides is 1. The Labute approximate surface area is 228 Å². The number of carbonyl (C=O) groups is 1. The molecule has 3 N–H and O–H groups in total. The molecule has 0 bridgehead atoms. The molecule has 0 saturated heterocycles. The van der Waals surface area contributed by atoms with Crippen molar-refractivity contribution >= 4 is 46.0 Å². The number of aromatic nitrogens is 2. The van der Waals surface area contributed by atoms with Crippen molar-refractivity contribution in [2.24, 2.45) is 11.7 Å². The Bertz CT molecular complexity index is 1260. The van der Waals surface area contributed by atoms with Gasteiger partial charge in [-0.3, -0.25) is 0 Å². The molecule has 3 aromatic rings. The monoisotopic (exact) mass is 572 g/mol. The zero-order valence-corrected chi connectivity index (χ0v) is 22.2. The van der Waals surface area contributed by atoms with Gasteiger partial charge in [0.1, 0.15) is 11.4 Å². The number of nitrogens with two attached hydrogens (primary N) is 1. The molecule has 1 saturated carbocycles. The smallest absolute Gasteiger partial charge is 0.441 e. The van der Waals surface area contributed by atoms with Gasteiger partial charge in [0.05, 0.1) is 33.4 Å². The Morgan fingerprint density at radius 3 is 2.47 bits per heavy atom. The third-order valence-corrected chi connectivity index (χ3v) is 7.71. The number of hydrogen-bond acceptors (Lipinski definition) is 5. The van der Waals surface area contributed by atoms with E-state index in [0.29, 0.717) is 46.6 Å². The average Bonchev–Trinajstić information content (AvgIpc) is 3.46. The van der Waals surface area contributed by atoms with Crippen LogP contribution >= 0.6 is 23.2 Å². The zero-order chi connectivity index (χ0) is 27.5. The second-order valence-corrected chi connectivity index (χ2v) is 10.7. The van der Waals surface area contributed by atoms with Crippen molar-refractivity contribution in [3.05, 3.63) is 52.8 Å². The van der Waals surface area contributed by atoms with Crippen LogP contribution in [0.15, 0.2) is 42.7 Å². The second kappa shape index (κ2) is 11.5. The quantitative estimate of drug-likeness (QED) is 0.261. The maximum absolute atomic E-state index is 12.6. The molecule has 1 aliphatic rings. The first-order chi connectivity index (χ1) is 17.9. The molecule has 0 radical (unpaired) electrons. The Morgan fingerprint density at radius 2 is 1.84 bits per heavy atom. The highest BCUT2D eigenvalue weighted by Gasteiger charge is 2.40. The van der Waals surface area contributed by atoms with Crippen LogP contribution in [0.2, 0.25) is 10.0 Å². The van der Waals surface area contributed by atoms with Crippen LogP contribution in [0.4, 0.5) is 23.7 Å². The highest BCUT2D eigenvalue weighted by atomic mass is 35.5. The van der Waals surface area contributed by atoms with E-state index in [4.69, 9.17) is 33.7 Å². The number of fused-ring (bicyclic) bond motifs is 1. The number of nitrogens with zero attached hydrogens (tertiary/aromatic N) is 2. The molecule has 38 heavy (non-hydrogen) atoms. The van der Waals surface area contributed by atoms with Crippen molar-refractivity contribution in [2.45, 2.75) is 70.0 Å². The van der Waals surface area contributed by atoms with E-state index >= 15 is 0 Å². The molecule has 1 aliphatic carbocycles. The summed E-state index contributed by atoms with van der Waals surface area (Å²) in [7, 11) is 0. The molecule has 1 unspecified atom stereocenters. The molecule has 1 aromatic heterocycles. The van der Waals surface area contributed by atoms with Crippen LogP contribution in [0.25, 0.3) is 11.0 Å². The molecule has 206 valence electrons. The minimum atomic E-state index is -4.78. The summed E-state index contributed by atoms with van der Waals surface area (Å²) in [6, 6.07) is 8.43. The Morgan fingerprint density at radius 1 is 1.18 bits per heavy atom. The van der Waals surface area contributed by atoms with Gasteiger partial charge in [0.25, 0.3) is 0 Å². The van der Waals surface area contributed by atoms with Gasteiger partial charge < -0.3 is 25.1 Å². The largest absolute Gasteiger partial charge is 0.573 e. The van der Waals surface area contributed by atoms with Gasteiger partial charge >= 0.3 is 12.5 Å². The molecule has 1 amide bonds. The Balaban J connectivity index is 1.61. The summed E-state index contributed by atoms with van der Waals surface area (Å²) in [5, 5.41) is 4.18. The maximum Gasteiger partial charge on any atom is 0.573 e. The number of aryl methyl sites for hydroxylation is 1. The van der Waals surface area contributed by atoms with E-state index in [1.165, 1.54) is 24.3 Å². The molecule has 1 fully saturated rings. The van der Waals surface area contributed by atoms with Crippen LogP contribution < -0.4 is 15.8 Å². The molecule has 0 spiro atoms. The number of nitrogens with one attached hydrogen (secondary N) is 1. The first-order valence-corrected chi connectivity index (χ1v) is 13.1. The lowest BCUT2D eigenvalue weighted by atomic mass is 9.83. The van der Waals surface area contributed by atoms with Gasteiger partial charge in [-0.15, -0.1) is 13.2 Å². The molecule has 2 atom stereocenters. The summed E-state index contributed by atoms with van der Waals surface area (Å²) in [6.45, 7) is 2.32. The fourth-order valence-electron chi connectivity index (χ4n) is 5.26. The number of halogens is 5. The normalized spacial score (nSPS) is 16.8. The summed E-state index contributed by atoms with van der Waals surface area (Å²) in [5.41, 5.74) is 6.54. The maximum atomic E-state index is 12.6. The highest BCUT2D eigenvalue weighted by molar-refractivity contribution is 6.42. The first-order valence-electron chi connectivity index (χ1n) is 12.3. The van der Waals surface area contributed by atoms with Gasteiger partial charge in [0.15, 0.2) is 0 Å². The topological polar surface area (TPSA) is 91.4 Å². The van der Waals surface area contributed by atoms with Gasteiger partial charge in [-0.2, -0.15) is 0 Å². The number of alkyl halides is 3. The fourth-order valence-corrected chi connectivity index (χ4v) is 5.57. The third-order valence-electron chi connectivity index (χ3n) is 6.99. The second-order valence-electron chi connectivity index (χ2n) is 9.84. The summed E-state index contributed by atoms with van der Waals surface area (Å²) in [4.78, 5) is 16.4. The summed E-state index contributed by atoms with van der Waals surface area (Å²) < 4.78 is 49.4. The van der Waals surface area contributed by atoms with Crippen molar-refractivity contribution in [1.29, 1.82) is 0 Å². The lowest BCUT2D eigenvalue weighted by Crippen LogP contribution is -2.50. The van der Waals surface area contributed by atoms with E-state index in [0.717, 1.165) is 31.2 Å². The van der Waals surface area contributed by atoms with Crippen LogP contribution in [0, 0.1) is 5.92 Å². The number of rotatable bonds is 10. The number of benzene rings is 2. The Kier molecular flexibility index (Phi) is 8.52. The molecule has 12 heteroatoms. The molecular formula is C26H29Cl2F3N4O3. The number of carbonyl (C=O) groups excluding carboxylic acids is 1. The van der Waals surface area contributed by atoms with Crippen molar-refractivity contribution < 1.29 is 27.4 Å². The van der Waals surface area contributed by atoms with E-state index in [1.807, 2.05) is 11.5 Å². The standard InChI is InChI=1S/C26H29Cl2F3N4O3/c1-25(38-24(32)36,14-16-4-2-3-5-16)23(34-17-6-8-18(9-7-17)37-26(29,30)31)10-11-35-15-33-21-12-19(27)20(28)13-22(21)35/h6-9,12-13,15-16,23,34H,2-5,10-11,14H2,1H3,(H2,32,36)/t23?,25-/m0/s1. The van der Waals surface area contributed by atoms with Crippen LogP contribution in [0.5, 0.6) is 5.75 Å². The van der Waals surface area contributed by atoms with Crippen molar-refractivity contribution in [3.8, 4) is 5.75 Å². The minimum Gasteiger partial charge on any atom is -0.441 e. The van der Waals surface area contributed by atoms with E-state index < -0.39 is 24.1 Å². The number of anilines is 1. The zero-order valence-electron chi connectivity index (χ0n) is 20.7. The average molecular weight is 573 g/mol. The van der Waals surface area contributed by atoms with E-state index in [1.54, 1.807) is 18.5 Å². The van der Waals surface area contributed by atoms with Gasteiger partial charge in [-0.25, -0.2) is 9.78 Å². The van der Waals surface area contributed by atoms with Gasteiger partial charge in [-0.1, -0.05) is 48.9 Å². The molecular weight excluding hydrogens is 544 g/mol. The highest BCUT2D eigenvalue weighted by Crippen LogP contribution is 2.37. The number of hydrogen-bond donors (Lipinski definition) is 2. The van der Waals surface area contributed by atoms with Crippen LogP contribution in [0.1, 0.15) is 45.4 Å². The summed E-state index contributed by atoms with van der Waals surface area (Å²) in [5.74, 6) is 0.0309. The first kappa shape index (κ1) is 28.2. The SMILES string of the molecule is C[C@@](CC1CCCC1)(OC(N)=O)C(CCn1cnc2cc(Cl)c(Cl)cc21)Nc1ccc(OC(F)(F)F)cc1. The molecule has 1 heterocycles. The lowest BCUT2D eigenvalue weighted by molar-refractivity contribution is -0.274. The van der Waals surface area contributed by atoms with E-state index in [-0.39, 0.29) is 5.75 Å². The molecule has 2 aromatic carbocycles. The van der Waals surface area contributed by atoms with Crippen LogP contribution in [-0.2, 0) is 11.3 Å². The van der Waals surface area contributed by atoms with Crippen molar-refractivity contribution in [3.63, 3.8) is 0 Å². The van der Waals surface area contributed by atoms with E-state index in [9.17, 15) is 18.0 Å². The fraction of sp³-hybridized carbons (Fsp3) is 0.462. The summed E-state index contributed by atoms with van der Waals surface area (Å²) in [6.07, 6.45) is 1.35. The van der Waals surface area contributed by atoms with Crippen molar-refractivity contribution in [2.75, 3.05) is 5.32 Å². The predicted octanol–water partition coefficient (Wildman–Crippen LogP) is 7.55. The van der Waals surface area contributed by atoms with Crippen LogP contribution in [0.3, 0.4) is 0 Å². The predicted molar refractivity (Wildman–Crippen MR) is 141 cm³/mol. The van der Waals surface area contributed by atoms with Crippen LogP contribution in [-0.4, -0.2) is 33.6 Å². The van der Waals surface area contributed by atoms with Crippen molar-refractivity contribution in [1.82, 2.24) is 9.55 Å². The molecule has 4 rings (SSSR count). The van der Waals surface area contributed by atoms with Gasteiger partial charge in [0.2, 0.25) is 0 Å². The minimum absolute atomic E-state index is 0.331. The van der Waals surface area contributed by atoms with E-state index in [2.05, 4.69) is 15.0 Å². The number of ether oxygens (including phenoxy) is 2. The number of imidazole rings is 1. The van der Waals surface area contributed by atoms with Gasteiger partial charge in [0, 0.05) is 12.2 Å². The number of amides is 1. The third kappa shape index (κ3) is 7.17. The lowest BCUT2D eigenvalue weighted by Gasteiger charge is -2.39. The molecule has 7 nitrogen and oxygen atoms in total. The Hall–Kier alpha value is -2.85. The van der Waals surface area contributed by atoms with Gasteiger partial charge in [-0.05, 0) is 62.1 Å². The summed E-state index contributed by atoms with van der Waals surface area (Å²) >= 11 is 12.4.